The van der Waals surface area contributed by atoms with Gasteiger partial charge in [0.15, 0.2) is 5.11 Å². The van der Waals surface area contributed by atoms with Crippen molar-refractivity contribution in [1.29, 1.82) is 0 Å². The fraction of sp³-hybridized carbons (Fsp3) is 0.316. The Kier molecular flexibility index (Phi) is 6.44. The molecule has 2 N–H and O–H groups in total. The predicted molar refractivity (Wildman–Crippen MR) is 103 cm³/mol. The van der Waals surface area contributed by atoms with Crippen LogP contribution in [0.3, 0.4) is 0 Å². The normalized spacial score (nSPS) is 11.5. The smallest absolute Gasteiger partial charge is 0.171 e. The minimum absolute atomic E-state index is 0.0232. The van der Waals surface area contributed by atoms with Crippen molar-refractivity contribution < 1.29 is 9.47 Å². The Bertz CT molecular complexity index is 686. The molecule has 0 saturated carbocycles. The summed E-state index contributed by atoms with van der Waals surface area (Å²) in [4.78, 5) is 0. The van der Waals surface area contributed by atoms with Gasteiger partial charge in [-0.05, 0) is 61.5 Å². The van der Waals surface area contributed by atoms with Gasteiger partial charge in [0.2, 0.25) is 0 Å². The molecule has 2 aromatic carbocycles. The lowest BCUT2D eigenvalue weighted by molar-refractivity contribution is 0.395. The standard InChI is InChI=1S/C19H24N2O2S/c1-5-14-6-8-15(9-7-14)21-19(24)20-13(2)17-12-16(22-3)10-11-18(17)23-4/h6-13H,5H2,1-4H3,(H2,20,21,24). The molecule has 1 unspecified atom stereocenters. The SMILES string of the molecule is CCc1ccc(NC(=S)NC(C)c2cc(OC)ccc2OC)cc1. The summed E-state index contributed by atoms with van der Waals surface area (Å²) >= 11 is 5.42. The number of benzene rings is 2. The molecule has 0 heterocycles. The van der Waals surface area contributed by atoms with E-state index in [1.807, 2.05) is 37.3 Å². The van der Waals surface area contributed by atoms with E-state index >= 15 is 0 Å². The topological polar surface area (TPSA) is 42.5 Å². The average Bonchev–Trinajstić information content (AvgIpc) is 2.61. The lowest BCUT2D eigenvalue weighted by Gasteiger charge is -2.20. The molecular formula is C19H24N2O2S. The second-order valence-electron chi connectivity index (χ2n) is 5.48. The number of ether oxygens (including phenoxy) is 2. The first-order valence-electron chi connectivity index (χ1n) is 7.95. The monoisotopic (exact) mass is 344 g/mol. The zero-order valence-electron chi connectivity index (χ0n) is 14.6. The zero-order valence-corrected chi connectivity index (χ0v) is 15.4. The summed E-state index contributed by atoms with van der Waals surface area (Å²) in [5.74, 6) is 1.58. The van der Waals surface area contributed by atoms with Crippen molar-refractivity contribution in [3.8, 4) is 11.5 Å². The molecule has 0 aliphatic rings. The molecule has 0 aliphatic heterocycles. The van der Waals surface area contributed by atoms with Gasteiger partial charge >= 0.3 is 0 Å². The molecule has 0 aromatic heterocycles. The minimum atomic E-state index is -0.0232. The molecule has 0 aliphatic carbocycles. The van der Waals surface area contributed by atoms with Gasteiger partial charge in [-0.2, -0.15) is 0 Å². The van der Waals surface area contributed by atoms with Crippen molar-refractivity contribution in [2.75, 3.05) is 19.5 Å². The van der Waals surface area contributed by atoms with E-state index in [-0.39, 0.29) is 6.04 Å². The van der Waals surface area contributed by atoms with Crippen molar-refractivity contribution >= 4 is 23.0 Å². The van der Waals surface area contributed by atoms with Crippen LogP contribution in [0, 0.1) is 0 Å². The van der Waals surface area contributed by atoms with Crippen molar-refractivity contribution in [3.05, 3.63) is 53.6 Å². The molecule has 2 aromatic rings. The van der Waals surface area contributed by atoms with Crippen molar-refractivity contribution in [3.63, 3.8) is 0 Å². The van der Waals surface area contributed by atoms with Gasteiger partial charge in [-0.1, -0.05) is 19.1 Å². The molecule has 128 valence electrons. The van der Waals surface area contributed by atoms with E-state index in [0.29, 0.717) is 5.11 Å². The van der Waals surface area contributed by atoms with E-state index in [1.165, 1.54) is 5.56 Å². The van der Waals surface area contributed by atoms with Gasteiger partial charge in [0, 0.05) is 11.3 Å². The summed E-state index contributed by atoms with van der Waals surface area (Å²) in [6.45, 7) is 4.17. The van der Waals surface area contributed by atoms with E-state index in [0.717, 1.165) is 29.2 Å². The molecule has 1 atom stereocenters. The Balaban J connectivity index is 2.05. The Hall–Kier alpha value is -2.27. The summed E-state index contributed by atoms with van der Waals surface area (Å²) in [5.41, 5.74) is 3.26. The number of thiocarbonyl (C=S) groups is 1. The largest absolute Gasteiger partial charge is 0.497 e. The molecule has 0 amide bonds. The highest BCUT2D eigenvalue weighted by atomic mass is 32.1. The quantitative estimate of drug-likeness (QED) is 0.764. The number of hydrogen-bond acceptors (Lipinski definition) is 3. The van der Waals surface area contributed by atoms with Crippen molar-refractivity contribution in [1.82, 2.24) is 5.32 Å². The van der Waals surface area contributed by atoms with Gasteiger partial charge in [0.1, 0.15) is 11.5 Å². The van der Waals surface area contributed by atoms with Gasteiger partial charge in [0.25, 0.3) is 0 Å². The summed E-state index contributed by atoms with van der Waals surface area (Å²) in [5, 5.41) is 7.06. The Morgan fingerprint density at radius 3 is 2.38 bits per heavy atom. The van der Waals surface area contributed by atoms with Gasteiger partial charge in [-0.3, -0.25) is 0 Å². The number of rotatable bonds is 6. The summed E-state index contributed by atoms with van der Waals surface area (Å²) in [6.07, 6.45) is 1.02. The maximum atomic E-state index is 5.43. The zero-order chi connectivity index (χ0) is 17.5. The Morgan fingerprint density at radius 1 is 1.08 bits per heavy atom. The van der Waals surface area contributed by atoms with E-state index in [1.54, 1.807) is 14.2 Å². The van der Waals surface area contributed by atoms with Crippen LogP contribution >= 0.6 is 12.2 Å². The van der Waals surface area contributed by atoms with Gasteiger partial charge in [-0.15, -0.1) is 0 Å². The predicted octanol–water partition coefficient (Wildman–Crippen LogP) is 4.31. The fourth-order valence-corrected chi connectivity index (χ4v) is 2.74. The molecule has 5 heteroatoms. The van der Waals surface area contributed by atoms with E-state index in [4.69, 9.17) is 21.7 Å². The second kappa shape index (κ2) is 8.55. The molecule has 4 nitrogen and oxygen atoms in total. The van der Waals surface area contributed by atoms with Gasteiger partial charge in [0.05, 0.1) is 20.3 Å². The number of anilines is 1. The summed E-state index contributed by atoms with van der Waals surface area (Å²) < 4.78 is 10.7. The average molecular weight is 344 g/mol. The highest BCUT2D eigenvalue weighted by Crippen LogP contribution is 2.29. The number of nitrogens with one attached hydrogen (secondary N) is 2. The van der Waals surface area contributed by atoms with Crippen LogP contribution in [-0.4, -0.2) is 19.3 Å². The highest BCUT2D eigenvalue weighted by Gasteiger charge is 2.14. The highest BCUT2D eigenvalue weighted by molar-refractivity contribution is 7.80. The fourth-order valence-electron chi connectivity index (χ4n) is 2.44. The van der Waals surface area contributed by atoms with Crippen LogP contribution in [0.1, 0.15) is 31.0 Å². The van der Waals surface area contributed by atoms with Gasteiger partial charge < -0.3 is 20.1 Å². The van der Waals surface area contributed by atoms with Crippen molar-refractivity contribution in [2.45, 2.75) is 26.3 Å². The van der Waals surface area contributed by atoms with Crippen LogP contribution in [0.15, 0.2) is 42.5 Å². The van der Waals surface area contributed by atoms with E-state index < -0.39 is 0 Å². The lowest BCUT2D eigenvalue weighted by Crippen LogP contribution is -2.31. The minimum Gasteiger partial charge on any atom is -0.497 e. The van der Waals surface area contributed by atoms with E-state index in [9.17, 15) is 0 Å². The number of aryl methyl sites for hydroxylation is 1. The van der Waals surface area contributed by atoms with E-state index in [2.05, 4.69) is 29.7 Å². The number of methoxy groups -OCH3 is 2. The second-order valence-corrected chi connectivity index (χ2v) is 5.89. The molecule has 0 bridgehead atoms. The van der Waals surface area contributed by atoms with Crippen LogP contribution in [-0.2, 0) is 6.42 Å². The maximum absolute atomic E-state index is 5.43. The maximum Gasteiger partial charge on any atom is 0.171 e. The van der Waals surface area contributed by atoms with Crippen LogP contribution in [0.4, 0.5) is 5.69 Å². The molecule has 0 spiro atoms. The third kappa shape index (κ3) is 4.61. The van der Waals surface area contributed by atoms with Crippen LogP contribution in [0.2, 0.25) is 0 Å². The first-order chi connectivity index (χ1) is 11.6. The first kappa shape index (κ1) is 18.1. The molecule has 0 radical (unpaired) electrons. The van der Waals surface area contributed by atoms with Crippen molar-refractivity contribution in [2.24, 2.45) is 0 Å². The summed E-state index contributed by atoms with van der Waals surface area (Å²) in [7, 11) is 3.31. The molecule has 24 heavy (non-hydrogen) atoms. The molecular weight excluding hydrogens is 320 g/mol. The molecule has 0 saturated heterocycles. The molecule has 0 fully saturated rings. The van der Waals surface area contributed by atoms with Crippen LogP contribution < -0.4 is 20.1 Å². The third-order valence-electron chi connectivity index (χ3n) is 3.87. The number of hydrogen-bond donors (Lipinski definition) is 2. The third-order valence-corrected chi connectivity index (χ3v) is 4.09. The van der Waals surface area contributed by atoms with Crippen LogP contribution in [0.5, 0.6) is 11.5 Å². The Morgan fingerprint density at radius 2 is 1.79 bits per heavy atom. The van der Waals surface area contributed by atoms with Crippen LogP contribution in [0.25, 0.3) is 0 Å². The Labute approximate surface area is 149 Å². The molecule has 2 rings (SSSR count). The first-order valence-corrected chi connectivity index (χ1v) is 8.36. The summed E-state index contributed by atoms with van der Waals surface area (Å²) in [6, 6.07) is 14.0. The lowest BCUT2D eigenvalue weighted by atomic mass is 10.1. The van der Waals surface area contributed by atoms with Gasteiger partial charge in [-0.25, -0.2) is 0 Å².